The minimum atomic E-state index is -2.67. The largest absolute Gasteiger partial charge is 0.323 e. The molecule has 2 heterocycles. The minimum Gasteiger partial charge on any atom is -0.323 e. The number of rotatable bonds is 5. The molecule has 1 N–H and O–H groups in total. The molecule has 0 bridgehead atoms. The van der Waals surface area contributed by atoms with E-state index in [1.807, 2.05) is 6.92 Å². The van der Waals surface area contributed by atoms with Crippen molar-refractivity contribution in [3.05, 3.63) is 46.1 Å². The molecule has 0 aliphatic heterocycles. The summed E-state index contributed by atoms with van der Waals surface area (Å²) in [6.45, 7) is 3.72. The highest BCUT2D eigenvalue weighted by Gasteiger charge is 2.15. The van der Waals surface area contributed by atoms with Crippen molar-refractivity contribution in [3.8, 4) is 0 Å². The minimum absolute atomic E-state index is 0.162. The number of anilines is 1. The summed E-state index contributed by atoms with van der Waals surface area (Å²) in [6, 6.07) is 4.09. The first-order valence-electron chi connectivity index (χ1n) is 6.73. The third kappa shape index (κ3) is 3.57. The molecule has 118 valence electrons. The maximum absolute atomic E-state index is 12.6. The number of hydrogen-bond donors (Lipinski definition) is 1. The van der Waals surface area contributed by atoms with Gasteiger partial charge in [0.1, 0.15) is 12.2 Å². The summed E-state index contributed by atoms with van der Waals surface area (Å²) < 4.78 is 27.8. The summed E-state index contributed by atoms with van der Waals surface area (Å²) >= 11 is 0. The Hall–Kier alpha value is -2.51. The lowest BCUT2D eigenvalue weighted by Crippen LogP contribution is -2.23. The molecule has 2 aromatic heterocycles. The fourth-order valence-corrected chi connectivity index (χ4v) is 1.99. The summed E-state index contributed by atoms with van der Waals surface area (Å²) in [5.41, 5.74) is 0.421. The number of aryl methyl sites for hydroxylation is 2. The Morgan fingerprint density at radius 3 is 2.73 bits per heavy atom. The van der Waals surface area contributed by atoms with Gasteiger partial charge in [0.25, 0.3) is 12.0 Å². The Labute approximate surface area is 125 Å². The van der Waals surface area contributed by atoms with E-state index in [1.165, 1.54) is 33.6 Å². The number of carbonyl (C=O) groups excluding carboxylic acids is 1. The quantitative estimate of drug-likeness (QED) is 0.917. The van der Waals surface area contributed by atoms with Crippen LogP contribution in [0.3, 0.4) is 0 Å². The number of alkyl halides is 2. The first kappa shape index (κ1) is 15.9. The average molecular weight is 310 g/mol. The lowest BCUT2D eigenvalue weighted by Gasteiger charge is -2.08. The van der Waals surface area contributed by atoms with Gasteiger partial charge in [-0.25, -0.2) is 8.78 Å². The first-order chi connectivity index (χ1) is 10.4. The fraction of sp³-hybridized carbons (Fsp3) is 0.357. The molecule has 2 aromatic rings. The zero-order valence-electron chi connectivity index (χ0n) is 12.2. The summed E-state index contributed by atoms with van der Waals surface area (Å²) in [7, 11) is 0. The van der Waals surface area contributed by atoms with Gasteiger partial charge in [0.15, 0.2) is 0 Å². The number of hydrogen-bond acceptors (Lipinski definition) is 3. The van der Waals surface area contributed by atoms with Crippen LogP contribution >= 0.6 is 0 Å². The van der Waals surface area contributed by atoms with Gasteiger partial charge in [0, 0.05) is 24.5 Å². The number of nitrogens with one attached hydrogen (secondary N) is 1. The summed E-state index contributed by atoms with van der Waals surface area (Å²) in [6.07, 6.45) is -1.14. The summed E-state index contributed by atoms with van der Waals surface area (Å²) in [5, 5.41) is 6.30. The van der Waals surface area contributed by atoms with Crippen LogP contribution in [0.2, 0.25) is 0 Å². The number of pyridine rings is 1. The molecule has 2 rings (SSSR count). The predicted molar refractivity (Wildman–Crippen MR) is 76.9 cm³/mol. The predicted octanol–water partition coefficient (Wildman–Crippen LogP) is 1.95. The molecule has 0 atom stereocenters. The molecule has 22 heavy (non-hydrogen) atoms. The Balaban J connectivity index is 2.08. The second-order valence-electron chi connectivity index (χ2n) is 4.76. The van der Waals surface area contributed by atoms with E-state index in [0.29, 0.717) is 17.9 Å². The third-order valence-corrected chi connectivity index (χ3v) is 3.12. The standard InChI is InChI=1S/C14H16F2N4O2/c1-3-19-7-10(4-5-13(19)22)17-12(21)8-20-9(2)6-11(18-20)14(15)16/h4-7,14H,3,8H2,1-2H3,(H,17,21). The van der Waals surface area contributed by atoms with Crippen LogP contribution in [-0.2, 0) is 17.9 Å². The van der Waals surface area contributed by atoms with Gasteiger partial charge in [-0.3, -0.25) is 14.3 Å². The van der Waals surface area contributed by atoms with Gasteiger partial charge in [-0.05, 0) is 26.0 Å². The maximum Gasteiger partial charge on any atom is 0.282 e. The summed E-state index contributed by atoms with van der Waals surface area (Å²) in [4.78, 5) is 23.4. The van der Waals surface area contributed by atoms with Crippen molar-refractivity contribution in [3.63, 3.8) is 0 Å². The molecule has 0 unspecified atom stereocenters. The van der Waals surface area contributed by atoms with E-state index in [2.05, 4.69) is 10.4 Å². The molecule has 0 aliphatic rings. The van der Waals surface area contributed by atoms with Crippen LogP contribution in [0, 0.1) is 6.92 Å². The SMILES string of the molecule is CCn1cc(NC(=O)Cn2nc(C(F)F)cc2C)ccc1=O. The Morgan fingerprint density at radius 1 is 1.41 bits per heavy atom. The van der Waals surface area contributed by atoms with E-state index in [9.17, 15) is 18.4 Å². The molecule has 0 fully saturated rings. The molecular weight excluding hydrogens is 294 g/mol. The van der Waals surface area contributed by atoms with Crippen molar-refractivity contribution in [1.82, 2.24) is 14.3 Å². The second kappa shape index (κ2) is 6.50. The van der Waals surface area contributed by atoms with Crippen molar-refractivity contribution in [2.45, 2.75) is 33.4 Å². The van der Waals surface area contributed by atoms with Gasteiger partial charge in [-0.2, -0.15) is 5.10 Å². The van der Waals surface area contributed by atoms with Gasteiger partial charge in [-0.1, -0.05) is 0 Å². The Kier molecular flexibility index (Phi) is 4.69. The maximum atomic E-state index is 12.6. The van der Waals surface area contributed by atoms with E-state index in [4.69, 9.17) is 0 Å². The average Bonchev–Trinajstić information content (AvgIpc) is 2.82. The summed E-state index contributed by atoms with van der Waals surface area (Å²) in [5.74, 6) is -0.409. The molecule has 0 spiro atoms. The lowest BCUT2D eigenvalue weighted by atomic mass is 10.3. The van der Waals surface area contributed by atoms with Gasteiger partial charge >= 0.3 is 0 Å². The Morgan fingerprint density at radius 2 is 2.14 bits per heavy atom. The van der Waals surface area contributed by atoms with Crippen LogP contribution in [0.15, 0.2) is 29.2 Å². The van der Waals surface area contributed by atoms with E-state index in [-0.39, 0.29) is 17.8 Å². The Bertz CT molecular complexity index is 737. The number of halogens is 2. The number of nitrogens with zero attached hydrogens (tertiary/aromatic N) is 3. The van der Waals surface area contributed by atoms with Gasteiger partial charge in [-0.15, -0.1) is 0 Å². The van der Waals surface area contributed by atoms with Crippen LogP contribution < -0.4 is 10.9 Å². The van der Waals surface area contributed by atoms with Crippen LogP contribution in [0.1, 0.15) is 24.7 Å². The monoisotopic (exact) mass is 310 g/mol. The topological polar surface area (TPSA) is 68.9 Å². The number of amides is 1. The van der Waals surface area contributed by atoms with Crippen molar-refractivity contribution < 1.29 is 13.6 Å². The highest BCUT2D eigenvalue weighted by atomic mass is 19.3. The van der Waals surface area contributed by atoms with Crippen LogP contribution in [0.5, 0.6) is 0 Å². The molecule has 6 nitrogen and oxygen atoms in total. The highest BCUT2D eigenvalue weighted by Crippen LogP contribution is 2.17. The van der Waals surface area contributed by atoms with Crippen molar-refractivity contribution in [2.75, 3.05) is 5.32 Å². The molecular formula is C14H16F2N4O2. The second-order valence-corrected chi connectivity index (χ2v) is 4.76. The van der Waals surface area contributed by atoms with Gasteiger partial charge in [0.2, 0.25) is 5.91 Å². The van der Waals surface area contributed by atoms with Crippen molar-refractivity contribution >= 4 is 11.6 Å². The van der Waals surface area contributed by atoms with Gasteiger partial charge < -0.3 is 9.88 Å². The normalized spacial score (nSPS) is 11.0. The fourth-order valence-electron chi connectivity index (χ4n) is 1.99. The molecule has 0 radical (unpaired) electrons. The molecule has 0 saturated heterocycles. The number of carbonyl (C=O) groups is 1. The highest BCUT2D eigenvalue weighted by molar-refractivity contribution is 5.90. The number of aromatic nitrogens is 3. The smallest absolute Gasteiger partial charge is 0.282 e. The van der Waals surface area contributed by atoms with Crippen molar-refractivity contribution in [2.24, 2.45) is 0 Å². The molecule has 8 heteroatoms. The lowest BCUT2D eigenvalue weighted by molar-refractivity contribution is -0.117. The molecule has 0 saturated carbocycles. The third-order valence-electron chi connectivity index (χ3n) is 3.12. The van der Waals surface area contributed by atoms with Crippen LogP contribution in [0.4, 0.5) is 14.5 Å². The first-order valence-corrected chi connectivity index (χ1v) is 6.73. The zero-order chi connectivity index (χ0) is 16.3. The molecule has 0 aliphatic carbocycles. The van der Waals surface area contributed by atoms with E-state index >= 15 is 0 Å². The van der Waals surface area contributed by atoms with E-state index in [0.717, 1.165) is 0 Å². The zero-order valence-corrected chi connectivity index (χ0v) is 12.2. The van der Waals surface area contributed by atoms with Gasteiger partial charge in [0.05, 0.1) is 5.69 Å². The molecule has 0 aromatic carbocycles. The van der Waals surface area contributed by atoms with Crippen LogP contribution in [-0.4, -0.2) is 20.3 Å². The van der Waals surface area contributed by atoms with Crippen molar-refractivity contribution in [1.29, 1.82) is 0 Å². The molecule has 1 amide bonds. The van der Waals surface area contributed by atoms with E-state index in [1.54, 1.807) is 6.92 Å². The van der Waals surface area contributed by atoms with E-state index < -0.39 is 12.3 Å². The van der Waals surface area contributed by atoms with Crippen LogP contribution in [0.25, 0.3) is 0 Å².